The predicted molar refractivity (Wildman–Crippen MR) is 63.6 cm³/mol. The van der Waals surface area contributed by atoms with Crippen molar-refractivity contribution in [2.45, 2.75) is 6.54 Å². The maximum absolute atomic E-state index is 11.7. The zero-order chi connectivity index (χ0) is 12.8. The second kappa shape index (κ2) is 5.90. The Labute approximate surface area is 106 Å². The van der Waals surface area contributed by atoms with Gasteiger partial charge in [-0.15, -0.1) is 21.5 Å². The van der Waals surface area contributed by atoms with Gasteiger partial charge < -0.3 is 10.4 Å². The number of carbonyl (C=O) groups excluding carboxylic acids is 1. The molecule has 0 saturated heterocycles. The van der Waals surface area contributed by atoms with E-state index in [1.165, 1.54) is 11.3 Å². The molecule has 18 heavy (non-hydrogen) atoms. The summed E-state index contributed by atoms with van der Waals surface area (Å²) < 4.78 is 0. The molecule has 0 unspecified atom stereocenters. The summed E-state index contributed by atoms with van der Waals surface area (Å²) in [6, 6.07) is 3.41. The highest BCUT2D eigenvalue weighted by molar-refractivity contribution is 7.14. The number of aromatic nitrogens is 4. The molecule has 92 valence electrons. The molecule has 0 spiro atoms. The Morgan fingerprint density at radius 1 is 1.56 bits per heavy atom. The van der Waals surface area contributed by atoms with Gasteiger partial charge in [-0.2, -0.15) is 5.21 Å². The van der Waals surface area contributed by atoms with Crippen LogP contribution in [0.2, 0.25) is 0 Å². The van der Waals surface area contributed by atoms with Crippen LogP contribution in [0.15, 0.2) is 12.1 Å². The van der Waals surface area contributed by atoms with Crippen LogP contribution in [-0.2, 0) is 6.54 Å². The van der Waals surface area contributed by atoms with Crippen molar-refractivity contribution in [2.24, 2.45) is 0 Å². The van der Waals surface area contributed by atoms with Crippen LogP contribution in [-0.4, -0.2) is 38.2 Å². The zero-order valence-corrected chi connectivity index (χ0v) is 9.99. The Bertz CT molecular complexity index is 581. The number of aromatic amines is 1. The number of rotatable bonds is 3. The smallest absolute Gasteiger partial charge is 0.261 e. The highest BCUT2D eigenvalue weighted by Gasteiger charge is 2.09. The monoisotopic (exact) mass is 263 g/mol. The summed E-state index contributed by atoms with van der Waals surface area (Å²) >= 11 is 1.26. The van der Waals surface area contributed by atoms with Crippen molar-refractivity contribution in [3.8, 4) is 11.8 Å². The standard InChI is InChI=1S/C10H9N5O2S/c16-5-1-2-7-3-4-8(18-7)10(17)11-6-9-12-14-15-13-9/h3-4,16H,5-6H2,(H,11,17)(H,12,13,14,15). The molecule has 2 aromatic heterocycles. The van der Waals surface area contributed by atoms with Gasteiger partial charge in [-0.1, -0.05) is 17.1 Å². The maximum atomic E-state index is 11.7. The van der Waals surface area contributed by atoms with Crippen LogP contribution in [0.5, 0.6) is 0 Å². The van der Waals surface area contributed by atoms with Crippen molar-refractivity contribution in [3.63, 3.8) is 0 Å². The predicted octanol–water partition coefficient (Wildman–Crippen LogP) is -0.465. The van der Waals surface area contributed by atoms with Crippen LogP contribution in [0.1, 0.15) is 20.4 Å². The van der Waals surface area contributed by atoms with Gasteiger partial charge in [-0.05, 0) is 12.1 Å². The molecule has 0 aromatic carbocycles. The number of nitrogens with one attached hydrogen (secondary N) is 2. The molecular formula is C10H9N5O2S. The highest BCUT2D eigenvalue weighted by Crippen LogP contribution is 2.15. The third-order valence-corrected chi connectivity index (χ3v) is 2.92. The molecule has 0 atom stereocenters. The molecule has 7 nitrogen and oxygen atoms in total. The van der Waals surface area contributed by atoms with Crippen molar-refractivity contribution in [2.75, 3.05) is 6.61 Å². The Hall–Kier alpha value is -2.24. The van der Waals surface area contributed by atoms with E-state index < -0.39 is 0 Å². The minimum absolute atomic E-state index is 0.197. The minimum atomic E-state index is -0.221. The van der Waals surface area contributed by atoms with E-state index in [1.807, 2.05) is 0 Å². The lowest BCUT2D eigenvalue weighted by atomic mass is 10.4. The number of carbonyl (C=O) groups is 1. The third kappa shape index (κ3) is 3.13. The fraction of sp³-hybridized carbons (Fsp3) is 0.200. The Morgan fingerprint density at radius 3 is 3.17 bits per heavy atom. The van der Waals surface area contributed by atoms with E-state index in [0.717, 1.165) is 4.88 Å². The summed E-state index contributed by atoms with van der Waals surface area (Å²) in [5.74, 6) is 5.46. The van der Waals surface area contributed by atoms with E-state index in [2.05, 4.69) is 37.8 Å². The number of tetrazole rings is 1. The third-order valence-electron chi connectivity index (χ3n) is 1.92. The summed E-state index contributed by atoms with van der Waals surface area (Å²) in [7, 11) is 0. The van der Waals surface area contributed by atoms with Crippen molar-refractivity contribution in [1.82, 2.24) is 25.9 Å². The van der Waals surface area contributed by atoms with E-state index in [0.29, 0.717) is 10.7 Å². The van der Waals surface area contributed by atoms with E-state index in [9.17, 15) is 4.79 Å². The lowest BCUT2D eigenvalue weighted by Crippen LogP contribution is -2.22. The SMILES string of the molecule is O=C(NCc1nn[nH]n1)c1ccc(C#CCO)s1. The van der Waals surface area contributed by atoms with E-state index in [1.54, 1.807) is 12.1 Å². The largest absolute Gasteiger partial charge is 0.384 e. The first-order valence-corrected chi connectivity index (χ1v) is 5.81. The van der Waals surface area contributed by atoms with E-state index in [-0.39, 0.29) is 19.1 Å². The van der Waals surface area contributed by atoms with Gasteiger partial charge in [-0.25, -0.2) is 0 Å². The highest BCUT2D eigenvalue weighted by atomic mass is 32.1. The van der Waals surface area contributed by atoms with Crippen molar-refractivity contribution < 1.29 is 9.90 Å². The molecule has 0 aliphatic heterocycles. The van der Waals surface area contributed by atoms with Gasteiger partial charge in [-0.3, -0.25) is 4.79 Å². The van der Waals surface area contributed by atoms with Gasteiger partial charge >= 0.3 is 0 Å². The summed E-state index contributed by atoms with van der Waals surface area (Å²) in [6.45, 7) is 0.0160. The average Bonchev–Trinajstić information content (AvgIpc) is 3.04. The fourth-order valence-electron chi connectivity index (χ4n) is 1.16. The van der Waals surface area contributed by atoms with Crippen molar-refractivity contribution >= 4 is 17.2 Å². The molecule has 0 bridgehead atoms. The van der Waals surface area contributed by atoms with Crippen LogP contribution in [0.4, 0.5) is 0 Å². The van der Waals surface area contributed by atoms with Crippen LogP contribution >= 0.6 is 11.3 Å². The Morgan fingerprint density at radius 2 is 2.44 bits per heavy atom. The Balaban J connectivity index is 1.94. The van der Waals surface area contributed by atoms with Gasteiger partial charge in [0, 0.05) is 0 Å². The first-order chi connectivity index (χ1) is 8.79. The molecule has 2 rings (SSSR count). The number of thiophene rings is 1. The molecule has 0 aliphatic rings. The van der Waals surface area contributed by atoms with Gasteiger partial charge in [0.2, 0.25) is 0 Å². The number of amides is 1. The molecule has 2 aromatic rings. The molecule has 0 saturated carbocycles. The summed E-state index contributed by atoms with van der Waals surface area (Å²) in [5.41, 5.74) is 0. The molecule has 1 amide bonds. The van der Waals surface area contributed by atoms with E-state index >= 15 is 0 Å². The van der Waals surface area contributed by atoms with Crippen LogP contribution in [0.3, 0.4) is 0 Å². The molecule has 0 fully saturated rings. The number of hydrogen-bond donors (Lipinski definition) is 3. The lowest BCUT2D eigenvalue weighted by Gasteiger charge is -1.98. The van der Waals surface area contributed by atoms with Gasteiger partial charge in [0.15, 0.2) is 5.82 Å². The van der Waals surface area contributed by atoms with E-state index in [4.69, 9.17) is 5.11 Å². The molecule has 0 aliphatic carbocycles. The summed E-state index contributed by atoms with van der Waals surface area (Å²) in [4.78, 5) is 13.0. The Kier molecular flexibility index (Phi) is 4.01. The van der Waals surface area contributed by atoms with Gasteiger partial charge in [0.25, 0.3) is 5.91 Å². The summed E-state index contributed by atoms with van der Waals surface area (Å²) in [6.07, 6.45) is 0. The first-order valence-electron chi connectivity index (χ1n) is 4.99. The van der Waals surface area contributed by atoms with Crippen LogP contribution in [0.25, 0.3) is 0 Å². The van der Waals surface area contributed by atoms with Crippen LogP contribution < -0.4 is 5.32 Å². The second-order valence-corrected chi connectivity index (χ2v) is 4.22. The normalized spacial score (nSPS) is 9.61. The zero-order valence-electron chi connectivity index (χ0n) is 9.17. The number of aliphatic hydroxyl groups is 1. The first kappa shape index (κ1) is 12.2. The molecule has 0 radical (unpaired) electrons. The molecule has 2 heterocycles. The molecule has 3 N–H and O–H groups in total. The quantitative estimate of drug-likeness (QED) is 0.650. The molecule has 8 heteroatoms. The summed E-state index contributed by atoms with van der Waals surface area (Å²) in [5, 5.41) is 24.3. The fourth-order valence-corrected chi connectivity index (χ4v) is 1.95. The van der Waals surface area contributed by atoms with Crippen LogP contribution in [0, 0.1) is 11.8 Å². The number of aliphatic hydroxyl groups excluding tert-OH is 1. The number of nitrogens with zero attached hydrogens (tertiary/aromatic N) is 3. The maximum Gasteiger partial charge on any atom is 0.261 e. The average molecular weight is 263 g/mol. The minimum Gasteiger partial charge on any atom is -0.384 e. The number of H-pyrrole nitrogens is 1. The van der Waals surface area contributed by atoms with Crippen molar-refractivity contribution in [1.29, 1.82) is 0 Å². The van der Waals surface area contributed by atoms with Crippen molar-refractivity contribution in [3.05, 3.63) is 27.7 Å². The topological polar surface area (TPSA) is 104 Å². The van der Waals surface area contributed by atoms with Gasteiger partial charge in [0.05, 0.1) is 16.3 Å². The van der Waals surface area contributed by atoms with Gasteiger partial charge in [0.1, 0.15) is 6.61 Å². The lowest BCUT2D eigenvalue weighted by molar-refractivity contribution is 0.0954. The molecular weight excluding hydrogens is 254 g/mol. The number of hydrogen-bond acceptors (Lipinski definition) is 6. The second-order valence-electron chi connectivity index (χ2n) is 3.13.